The van der Waals surface area contributed by atoms with Gasteiger partial charge in [-0.3, -0.25) is 14.7 Å². The van der Waals surface area contributed by atoms with E-state index in [0.29, 0.717) is 35.9 Å². The summed E-state index contributed by atoms with van der Waals surface area (Å²) in [5.74, 6) is 0.365. The first-order valence-electron chi connectivity index (χ1n) is 13.4. The molecular formula is C30H38N8O. The Morgan fingerprint density at radius 1 is 1.15 bits per heavy atom. The van der Waals surface area contributed by atoms with Gasteiger partial charge in [-0.15, -0.1) is 0 Å². The summed E-state index contributed by atoms with van der Waals surface area (Å²) in [6, 6.07) is 12.9. The number of nitrogens with two attached hydrogens (primary N) is 1. The highest BCUT2D eigenvalue weighted by atomic mass is 16.1. The first-order valence-corrected chi connectivity index (χ1v) is 13.4. The highest BCUT2D eigenvalue weighted by molar-refractivity contribution is 5.96. The molecule has 1 aliphatic rings. The van der Waals surface area contributed by atoms with Gasteiger partial charge in [0.1, 0.15) is 12.2 Å². The van der Waals surface area contributed by atoms with Gasteiger partial charge in [0.25, 0.3) is 5.91 Å². The second-order valence-corrected chi connectivity index (χ2v) is 9.82. The van der Waals surface area contributed by atoms with Crippen LogP contribution in [0.25, 0.3) is 0 Å². The molecule has 2 heterocycles. The maximum absolute atomic E-state index is 12.7. The zero-order valence-corrected chi connectivity index (χ0v) is 22.9. The van der Waals surface area contributed by atoms with Gasteiger partial charge in [0, 0.05) is 38.6 Å². The predicted molar refractivity (Wildman–Crippen MR) is 154 cm³/mol. The zero-order valence-electron chi connectivity index (χ0n) is 22.9. The summed E-state index contributed by atoms with van der Waals surface area (Å²) in [6.45, 7) is 10.6. The quantitative estimate of drug-likeness (QED) is 0.188. The molecule has 1 aliphatic carbocycles. The Morgan fingerprint density at radius 2 is 1.90 bits per heavy atom. The maximum atomic E-state index is 12.7. The lowest BCUT2D eigenvalue weighted by atomic mass is 9.90. The van der Waals surface area contributed by atoms with E-state index in [4.69, 9.17) is 10.7 Å². The van der Waals surface area contributed by atoms with Crippen molar-refractivity contribution in [1.29, 1.82) is 0 Å². The Balaban J connectivity index is 1.41. The molecule has 3 aromatic rings. The lowest BCUT2D eigenvalue weighted by Gasteiger charge is -2.35. The van der Waals surface area contributed by atoms with Crippen LogP contribution in [0.5, 0.6) is 0 Å². The van der Waals surface area contributed by atoms with Crippen molar-refractivity contribution in [2.75, 3.05) is 19.6 Å². The summed E-state index contributed by atoms with van der Waals surface area (Å²) < 4.78 is 0. The minimum Gasteiger partial charge on any atom is -0.386 e. The topological polar surface area (TPSA) is 121 Å². The molecule has 1 aromatic carbocycles. The third-order valence-corrected chi connectivity index (χ3v) is 7.06. The van der Waals surface area contributed by atoms with Crippen LogP contribution in [0.15, 0.2) is 66.7 Å². The van der Waals surface area contributed by atoms with Crippen LogP contribution in [-0.2, 0) is 19.5 Å². The fourth-order valence-electron chi connectivity index (χ4n) is 5.08. The summed E-state index contributed by atoms with van der Waals surface area (Å²) >= 11 is 0. The van der Waals surface area contributed by atoms with Gasteiger partial charge in [0.05, 0.1) is 35.2 Å². The molecule has 1 amide bonds. The molecule has 0 spiro atoms. The van der Waals surface area contributed by atoms with Crippen molar-refractivity contribution < 1.29 is 4.79 Å². The van der Waals surface area contributed by atoms with Crippen molar-refractivity contribution in [3.05, 3.63) is 101 Å². The smallest absolute Gasteiger partial charge is 0.255 e. The Labute approximate surface area is 230 Å². The number of aliphatic imine (C=N–C) groups is 1. The first kappa shape index (κ1) is 28.1. The van der Waals surface area contributed by atoms with Crippen LogP contribution in [0.2, 0.25) is 0 Å². The number of benzene rings is 1. The molecule has 9 nitrogen and oxygen atoms in total. The number of carbonyl (C=O) groups is 1. The highest BCUT2D eigenvalue weighted by Gasteiger charge is 2.27. The van der Waals surface area contributed by atoms with Gasteiger partial charge in [-0.05, 0) is 55.9 Å². The molecule has 1 atom stereocenters. The number of hydrogen-bond acceptors (Lipinski definition) is 7. The summed E-state index contributed by atoms with van der Waals surface area (Å²) in [4.78, 5) is 32.3. The van der Waals surface area contributed by atoms with Crippen molar-refractivity contribution in [2.45, 2.75) is 52.2 Å². The minimum absolute atomic E-state index is 0.157. The molecule has 4 N–H and O–H groups in total. The van der Waals surface area contributed by atoms with Crippen molar-refractivity contribution in [2.24, 2.45) is 10.7 Å². The maximum Gasteiger partial charge on any atom is 0.255 e. The molecule has 0 aliphatic heterocycles. The molecule has 0 saturated carbocycles. The van der Waals surface area contributed by atoms with Gasteiger partial charge in [0.2, 0.25) is 0 Å². The molecule has 1 unspecified atom stereocenters. The van der Waals surface area contributed by atoms with Gasteiger partial charge in [-0.1, -0.05) is 36.9 Å². The van der Waals surface area contributed by atoms with E-state index >= 15 is 0 Å². The van der Waals surface area contributed by atoms with Crippen LogP contribution in [-0.4, -0.2) is 51.2 Å². The number of aromatic nitrogens is 3. The lowest BCUT2D eigenvalue weighted by Crippen LogP contribution is -2.39. The zero-order chi connectivity index (χ0) is 27.6. The van der Waals surface area contributed by atoms with Gasteiger partial charge in [0.15, 0.2) is 0 Å². The highest BCUT2D eigenvalue weighted by Crippen LogP contribution is 2.33. The van der Waals surface area contributed by atoms with Crippen LogP contribution >= 0.6 is 0 Å². The Kier molecular flexibility index (Phi) is 9.88. The van der Waals surface area contributed by atoms with Gasteiger partial charge in [-0.25, -0.2) is 15.0 Å². The number of aryl methyl sites for hydroxylation is 3. The summed E-state index contributed by atoms with van der Waals surface area (Å²) in [7, 11) is 0. The second kappa shape index (κ2) is 13.7. The van der Waals surface area contributed by atoms with E-state index in [9.17, 15) is 4.79 Å². The number of hydrogen-bond donors (Lipinski definition) is 3. The Bertz CT molecular complexity index is 1280. The molecule has 0 bridgehead atoms. The fourth-order valence-corrected chi connectivity index (χ4v) is 5.08. The molecular weight excluding hydrogens is 488 g/mol. The summed E-state index contributed by atoms with van der Waals surface area (Å²) in [5, 5.41) is 6.39. The molecule has 9 heteroatoms. The SMILES string of the molecule is C=CN=C(N)CNCCN(Cc1ccc(CNC(=O)c2c(C)ncnc2C)cc1)C1CCCc2cccnc21. The number of nitrogens with one attached hydrogen (secondary N) is 2. The van der Waals surface area contributed by atoms with Gasteiger partial charge >= 0.3 is 0 Å². The molecule has 0 saturated heterocycles. The van der Waals surface area contributed by atoms with E-state index in [1.165, 1.54) is 29.3 Å². The van der Waals surface area contributed by atoms with Crippen molar-refractivity contribution >= 4 is 11.7 Å². The van der Waals surface area contributed by atoms with Crippen molar-refractivity contribution in [3.63, 3.8) is 0 Å². The monoisotopic (exact) mass is 526 g/mol. The van der Waals surface area contributed by atoms with E-state index in [1.807, 2.05) is 26.1 Å². The number of pyridine rings is 1. The number of amidine groups is 1. The van der Waals surface area contributed by atoms with Crippen LogP contribution in [0, 0.1) is 13.8 Å². The molecule has 0 fully saturated rings. The van der Waals surface area contributed by atoms with E-state index in [-0.39, 0.29) is 11.9 Å². The minimum atomic E-state index is -0.157. The van der Waals surface area contributed by atoms with Gasteiger partial charge in [-0.2, -0.15) is 0 Å². The van der Waals surface area contributed by atoms with Crippen LogP contribution < -0.4 is 16.4 Å². The van der Waals surface area contributed by atoms with Crippen molar-refractivity contribution in [1.82, 2.24) is 30.5 Å². The second-order valence-electron chi connectivity index (χ2n) is 9.82. The standard InChI is InChI=1S/C30H38N8O/c1-4-33-27(31)18-32-15-16-38(26-9-5-7-25-8-6-14-34-29(25)26)19-24-12-10-23(11-13-24)17-35-30(39)28-21(2)36-20-37-22(28)3/h4,6,8,10-14,20,26,32H,1,5,7,9,15-19H2,2-3H3,(H2,31,33)(H,35,39). The summed E-state index contributed by atoms with van der Waals surface area (Å²) in [6.07, 6.45) is 8.14. The molecule has 2 aromatic heterocycles. The van der Waals surface area contributed by atoms with E-state index in [0.717, 1.165) is 44.5 Å². The predicted octanol–water partition coefficient (Wildman–Crippen LogP) is 3.39. The average Bonchev–Trinajstić information content (AvgIpc) is 2.94. The largest absolute Gasteiger partial charge is 0.386 e. The Hall–Kier alpha value is -3.95. The normalized spacial score (nSPS) is 15.2. The summed E-state index contributed by atoms with van der Waals surface area (Å²) in [5.41, 5.74) is 12.6. The molecule has 204 valence electrons. The average molecular weight is 527 g/mol. The van der Waals surface area contributed by atoms with E-state index in [2.05, 4.69) is 67.4 Å². The lowest BCUT2D eigenvalue weighted by molar-refractivity contribution is 0.0948. The number of amides is 1. The Morgan fingerprint density at radius 3 is 2.64 bits per heavy atom. The van der Waals surface area contributed by atoms with Crippen LogP contribution in [0.4, 0.5) is 0 Å². The van der Waals surface area contributed by atoms with Gasteiger partial charge < -0.3 is 16.4 Å². The van der Waals surface area contributed by atoms with Crippen LogP contribution in [0.3, 0.4) is 0 Å². The van der Waals surface area contributed by atoms with E-state index < -0.39 is 0 Å². The van der Waals surface area contributed by atoms with Crippen molar-refractivity contribution in [3.8, 4) is 0 Å². The van der Waals surface area contributed by atoms with E-state index in [1.54, 1.807) is 0 Å². The number of nitrogens with zero attached hydrogens (tertiary/aromatic N) is 5. The third kappa shape index (κ3) is 7.55. The first-order chi connectivity index (χ1) is 19.0. The molecule has 0 radical (unpaired) electrons. The van der Waals surface area contributed by atoms with Crippen LogP contribution in [0.1, 0.15) is 63.0 Å². The number of rotatable bonds is 12. The molecule has 4 rings (SSSR count). The third-order valence-electron chi connectivity index (χ3n) is 7.06. The number of fused-ring (bicyclic) bond motifs is 1. The fraction of sp³-hybridized carbons (Fsp3) is 0.367. The molecule has 39 heavy (non-hydrogen) atoms. The number of carbonyl (C=O) groups excluding carboxylic acids is 1.